The van der Waals surface area contributed by atoms with E-state index in [0.29, 0.717) is 31.2 Å². The number of nitrogens with one attached hydrogen (secondary N) is 2. The van der Waals surface area contributed by atoms with E-state index >= 15 is 0 Å². The molecule has 178 valence electrons. The maximum atomic E-state index is 12.6. The van der Waals surface area contributed by atoms with Crippen molar-refractivity contribution in [2.75, 3.05) is 34.3 Å². The van der Waals surface area contributed by atoms with Crippen LogP contribution in [0.15, 0.2) is 47.5 Å². The molecule has 0 atom stereocenters. The Labute approximate surface area is 206 Å². The SMILES string of the molecule is CN=C(NCc1ccc(OCCCN(C)C)cc1)NCc1cc(C)ccc1OC(F)F.I. The van der Waals surface area contributed by atoms with Gasteiger partial charge >= 0.3 is 6.61 Å². The molecule has 2 aromatic carbocycles. The van der Waals surface area contributed by atoms with Crippen molar-refractivity contribution >= 4 is 29.9 Å². The third-order valence-corrected chi connectivity index (χ3v) is 4.50. The zero-order valence-corrected chi connectivity index (χ0v) is 21.4. The normalized spacial score (nSPS) is 11.3. The van der Waals surface area contributed by atoms with E-state index in [1.807, 2.05) is 51.4 Å². The number of hydrogen-bond donors (Lipinski definition) is 2. The van der Waals surface area contributed by atoms with Gasteiger partial charge in [0.15, 0.2) is 5.96 Å². The minimum absolute atomic E-state index is 0. The van der Waals surface area contributed by atoms with E-state index in [2.05, 4.69) is 25.3 Å². The first-order valence-corrected chi connectivity index (χ1v) is 10.2. The van der Waals surface area contributed by atoms with E-state index < -0.39 is 6.61 Å². The lowest BCUT2D eigenvalue weighted by Gasteiger charge is -2.15. The molecular weight excluding hydrogens is 529 g/mol. The quantitative estimate of drug-likeness (QED) is 0.184. The first kappa shape index (κ1) is 27.9. The van der Waals surface area contributed by atoms with Crippen LogP contribution in [0.4, 0.5) is 8.78 Å². The van der Waals surface area contributed by atoms with Gasteiger partial charge in [-0.2, -0.15) is 8.78 Å². The highest BCUT2D eigenvalue weighted by atomic mass is 127. The Bertz CT molecular complexity index is 833. The highest BCUT2D eigenvalue weighted by molar-refractivity contribution is 14.0. The number of benzene rings is 2. The summed E-state index contributed by atoms with van der Waals surface area (Å²) in [5, 5.41) is 6.36. The van der Waals surface area contributed by atoms with E-state index in [9.17, 15) is 8.78 Å². The van der Waals surface area contributed by atoms with Crippen molar-refractivity contribution in [3.05, 3.63) is 59.2 Å². The molecule has 0 aliphatic rings. The highest BCUT2D eigenvalue weighted by Gasteiger charge is 2.10. The summed E-state index contributed by atoms with van der Waals surface area (Å²) < 4.78 is 35.6. The largest absolute Gasteiger partial charge is 0.494 e. The average Bonchev–Trinajstić information content (AvgIpc) is 2.73. The molecule has 6 nitrogen and oxygen atoms in total. The molecule has 0 saturated heterocycles. The van der Waals surface area contributed by atoms with Crippen molar-refractivity contribution in [2.45, 2.75) is 33.0 Å². The molecule has 0 aliphatic heterocycles. The first-order chi connectivity index (χ1) is 14.9. The third-order valence-electron chi connectivity index (χ3n) is 4.50. The van der Waals surface area contributed by atoms with Gasteiger partial charge in [0, 0.05) is 32.2 Å². The van der Waals surface area contributed by atoms with Gasteiger partial charge in [0.1, 0.15) is 11.5 Å². The zero-order valence-electron chi connectivity index (χ0n) is 19.0. The molecule has 0 aromatic heterocycles. The maximum absolute atomic E-state index is 12.6. The summed E-state index contributed by atoms with van der Waals surface area (Å²) in [5.41, 5.74) is 2.67. The monoisotopic (exact) mass is 562 g/mol. The second kappa shape index (κ2) is 14.8. The average molecular weight is 562 g/mol. The smallest absolute Gasteiger partial charge is 0.387 e. The van der Waals surface area contributed by atoms with Gasteiger partial charge in [-0.25, -0.2) is 0 Å². The number of aryl methyl sites for hydroxylation is 1. The summed E-state index contributed by atoms with van der Waals surface area (Å²) in [6.45, 7) is 1.59. The molecule has 0 bridgehead atoms. The lowest BCUT2D eigenvalue weighted by Crippen LogP contribution is -2.36. The molecule has 0 heterocycles. The second-order valence-corrected chi connectivity index (χ2v) is 7.42. The Morgan fingerprint density at radius 3 is 2.38 bits per heavy atom. The lowest BCUT2D eigenvalue weighted by molar-refractivity contribution is -0.0504. The van der Waals surface area contributed by atoms with E-state index in [1.165, 1.54) is 0 Å². The minimum Gasteiger partial charge on any atom is -0.494 e. The fraction of sp³-hybridized carbons (Fsp3) is 0.435. The molecule has 0 radical (unpaired) electrons. The molecule has 9 heteroatoms. The van der Waals surface area contributed by atoms with Crippen LogP contribution in [0.3, 0.4) is 0 Å². The van der Waals surface area contributed by atoms with Crippen molar-refractivity contribution in [3.63, 3.8) is 0 Å². The number of halogens is 3. The standard InChI is InChI=1S/C23H32F2N4O2.HI/c1-17-6-11-21(31-22(24)25)19(14-17)16-28-23(26-2)27-15-18-7-9-20(10-8-18)30-13-5-12-29(3)4;/h6-11,14,22H,5,12-13,15-16H2,1-4H3,(H2,26,27,28);1H. The van der Waals surface area contributed by atoms with Crippen LogP contribution in [0.2, 0.25) is 0 Å². The van der Waals surface area contributed by atoms with Crippen LogP contribution >= 0.6 is 24.0 Å². The molecule has 0 spiro atoms. The minimum atomic E-state index is -2.86. The summed E-state index contributed by atoms with van der Waals surface area (Å²) in [7, 11) is 5.75. The lowest BCUT2D eigenvalue weighted by atomic mass is 10.1. The fourth-order valence-corrected chi connectivity index (χ4v) is 2.92. The first-order valence-electron chi connectivity index (χ1n) is 10.2. The Hall–Kier alpha value is -2.14. The molecular formula is C23H33F2IN4O2. The van der Waals surface area contributed by atoms with Gasteiger partial charge in [-0.3, -0.25) is 4.99 Å². The van der Waals surface area contributed by atoms with E-state index in [1.54, 1.807) is 19.2 Å². The molecule has 0 amide bonds. The van der Waals surface area contributed by atoms with Crippen LogP contribution in [0, 0.1) is 6.92 Å². The molecule has 2 aromatic rings. The van der Waals surface area contributed by atoms with Crippen molar-refractivity contribution in [1.82, 2.24) is 15.5 Å². The molecule has 0 saturated carbocycles. The van der Waals surface area contributed by atoms with Crippen LogP contribution in [0.25, 0.3) is 0 Å². The highest BCUT2D eigenvalue weighted by Crippen LogP contribution is 2.22. The molecule has 0 unspecified atom stereocenters. The molecule has 32 heavy (non-hydrogen) atoms. The predicted octanol–water partition coefficient (Wildman–Crippen LogP) is 4.41. The van der Waals surface area contributed by atoms with Crippen LogP contribution in [-0.4, -0.2) is 51.8 Å². The molecule has 0 aliphatic carbocycles. The summed E-state index contributed by atoms with van der Waals surface area (Å²) in [4.78, 5) is 6.32. The number of guanidine groups is 1. The number of alkyl halides is 2. The number of ether oxygens (including phenoxy) is 2. The predicted molar refractivity (Wildman–Crippen MR) is 135 cm³/mol. The zero-order chi connectivity index (χ0) is 22.6. The number of nitrogens with zero attached hydrogens (tertiary/aromatic N) is 2. The Morgan fingerprint density at radius 2 is 1.75 bits per heavy atom. The van der Waals surface area contributed by atoms with E-state index in [4.69, 9.17) is 4.74 Å². The second-order valence-electron chi connectivity index (χ2n) is 7.42. The van der Waals surface area contributed by atoms with Gasteiger partial charge in [0.25, 0.3) is 0 Å². The van der Waals surface area contributed by atoms with Crippen molar-refractivity contribution in [3.8, 4) is 11.5 Å². The summed E-state index contributed by atoms with van der Waals surface area (Å²) >= 11 is 0. The maximum Gasteiger partial charge on any atom is 0.387 e. The molecule has 2 rings (SSSR count). The van der Waals surface area contributed by atoms with Crippen molar-refractivity contribution in [1.29, 1.82) is 0 Å². The van der Waals surface area contributed by atoms with Crippen molar-refractivity contribution in [2.24, 2.45) is 4.99 Å². The van der Waals surface area contributed by atoms with Gasteiger partial charge in [-0.05, 0) is 51.2 Å². The number of hydrogen-bond acceptors (Lipinski definition) is 4. The third kappa shape index (κ3) is 10.4. The Kier molecular flexibility index (Phi) is 12.9. The fourth-order valence-electron chi connectivity index (χ4n) is 2.92. The van der Waals surface area contributed by atoms with Crippen LogP contribution in [0.5, 0.6) is 11.5 Å². The molecule has 0 fully saturated rings. The summed E-state index contributed by atoms with van der Waals surface area (Å²) in [6.07, 6.45) is 0.976. The Morgan fingerprint density at radius 1 is 1.06 bits per heavy atom. The van der Waals surface area contributed by atoms with E-state index in [0.717, 1.165) is 29.8 Å². The Balaban J connectivity index is 0.00000512. The van der Waals surface area contributed by atoms with Crippen LogP contribution in [0.1, 0.15) is 23.1 Å². The van der Waals surface area contributed by atoms with Gasteiger partial charge in [0.2, 0.25) is 0 Å². The van der Waals surface area contributed by atoms with E-state index in [-0.39, 0.29) is 29.7 Å². The van der Waals surface area contributed by atoms with Gasteiger partial charge in [0.05, 0.1) is 6.61 Å². The molecule has 2 N–H and O–H groups in total. The summed E-state index contributed by atoms with van der Waals surface area (Å²) in [5.74, 6) is 1.56. The van der Waals surface area contributed by atoms with Gasteiger partial charge in [-0.15, -0.1) is 24.0 Å². The van der Waals surface area contributed by atoms with Gasteiger partial charge < -0.3 is 25.0 Å². The van der Waals surface area contributed by atoms with Crippen molar-refractivity contribution < 1.29 is 18.3 Å². The number of aliphatic imine (C=N–C) groups is 1. The number of rotatable bonds is 11. The van der Waals surface area contributed by atoms with Crippen LogP contribution < -0.4 is 20.1 Å². The van der Waals surface area contributed by atoms with Gasteiger partial charge in [-0.1, -0.05) is 29.8 Å². The van der Waals surface area contributed by atoms with Crippen LogP contribution in [-0.2, 0) is 13.1 Å². The summed E-state index contributed by atoms with van der Waals surface area (Å²) in [6, 6.07) is 13.0. The topological polar surface area (TPSA) is 58.1 Å².